The van der Waals surface area contributed by atoms with Crippen LogP contribution in [0.25, 0.3) is 11.4 Å². The van der Waals surface area contributed by atoms with Crippen LogP contribution in [-0.4, -0.2) is 26.8 Å². The molecule has 1 heterocycles. The van der Waals surface area contributed by atoms with Gasteiger partial charge in [0.05, 0.1) is 5.56 Å². The van der Waals surface area contributed by atoms with Gasteiger partial charge in [-0.25, -0.2) is 0 Å². The van der Waals surface area contributed by atoms with E-state index in [4.69, 9.17) is 0 Å². The van der Waals surface area contributed by atoms with Gasteiger partial charge in [0.25, 0.3) is 0 Å². The predicted molar refractivity (Wildman–Crippen MR) is 62.2 cm³/mol. The number of hydrogen-bond donors (Lipinski definition) is 0. The Morgan fingerprint density at radius 1 is 1.11 bits per heavy atom. The van der Waals surface area contributed by atoms with E-state index in [1.807, 2.05) is 0 Å². The number of halogens is 4. The minimum atomic E-state index is -4.80. The quantitative estimate of drug-likeness (QED) is 0.845. The van der Waals surface area contributed by atoms with Crippen molar-refractivity contribution in [2.75, 3.05) is 0 Å². The lowest BCUT2D eigenvalue weighted by Gasteiger charge is -2.12. The van der Waals surface area contributed by atoms with Gasteiger partial charge >= 0.3 is 6.36 Å². The van der Waals surface area contributed by atoms with Crippen LogP contribution < -0.4 is 4.74 Å². The van der Waals surface area contributed by atoms with Crippen LogP contribution >= 0.6 is 15.9 Å². The standard InChI is InChI=1S/C10H6BrF3N4O/c1-5-15-17-9(18-16-5)7-3-2-6(11)4-8(7)19-10(12,13)14/h2-4H,1H3. The van der Waals surface area contributed by atoms with Crippen LogP contribution in [0.15, 0.2) is 22.7 Å². The molecule has 0 fully saturated rings. The third kappa shape index (κ3) is 3.60. The Labute approximate surface area is 114 Å². The second-order valence-electron chi connectivity index (χ2n) is 3.46. The molecule has 0 spiro atoms. The topological polar surface area (TPSA) is 60.8 Å². The molecule has 0 N–H and O–H groups in total. The molecule has 0 atom stereocenters. The molecule has 19 heavy (non-hydrogen) atoms. The summed E-state index contributed by atoms with van der Waals surface area (Å²) in [6.07, 6.45) is -4.80. The van der Waals surface area contributed by atoms with Crippen molar-refractivity contribution in [1.29, 1.82) is 0 Å². The Morgan fingerprint density at radius 2 is 1.74 bits per heavy atom. The summed E-state index contributed by atoms with van der Waals surface area (Å²) in [5.41, 5.74) is 0.0560. The summed E-state index contributed by atoms with van der Waals surface area (Å²) < 4.78 is 41.3. The van der Waals surface area contributed by atoms with Crippen LogP contribution in [0.5, 0.6) is 5.75 Å². The summed E-state index contributed by atoms with van der Waals surface area (Å²) >= 11 is 3.07. The zero-order valence-electron chi connectivity index (χ0n) is 9.44. The smallest absolute Gasteiger partial charge is 0.405 e. The lowest BCUT2D eigenvalue weighted by molar-refractivity contribution is -0.274. The molecular formula is C10H6BrF3N4O. The van der Waals surface area contributed by atoms with Gasteiger partial charge in [0.1, 0.15) is 5.75 Å². The molecule has 1 aromatic heterocycles. The fraction of sp³-hybridized carbons (Fsp3) is 0.200. The Morgan fingerprint density at radius 3 is 2.32 bits per heavy atom. The SMILES string of the molecule is Cc1nnc(-c2ccc(Br)cc2OC(F)(F)F)nn1. The lowest BCUT2D eigenvalue weighted by Crippen LogP contribution is -2.18. The van der Waals surface area contributed by atoms with Gasteiger partial charge in [-0.05, 0) is 25.1 Å². The molecule has 5 nitrogen and oxygen atoms in total. The number of nitrogens with zero attached hydrogens (tertiary/aromatic N) is 4. The number of alkyl halides is 3. The van der Waals surface area contributed by atoms with Crippen LogP contribution in [0, 0.1) is 6.92 Å². The first-order valence-corrected chi connectivity index (χ1v) is 5.74. The van der Waals surface area contributed by atoms with Gasteiger partial charge in [-0.1, -0.05) is 15.9 Å². The molecule has 0 bridgehead atoms. The second-order valence-corrected chi connectivity index (χ2v) is 4.37. The van der Waals surface area contributed by atoms with Crippen molar-refractivity contribution in [2.45, 2.75) is 13.3 Å². The van der Waals surface area contributed by atoms with E-state index in [-0.39, 0.29) is 11.4 Å². The van der Waals surface area contributed by atoms with Crippen molar-refractivity contribution in [3.05, 3.63) is 28.5 Å². The minimum Gasteiger partial charge on any atom is -0.405 e. The zero-order chi connectivity index (χ0) is 14.0. The first-order valence-electron chi connectivity index (χ1n) is 4.95. The first kappa shape index (κ1) is 13.7. The maximum absolute atomic E-state index is 12.3. The third-order valence-corrected chi connectivity index (χ3v) is 2.48. The van der Waals surface area contributed by atoms with Crippen LogP contribution in [-0.2, 0) is 0 Å². The van der Waals surface area contributed by atoms with E-state index in [1.165, 1.54) is 12.1 Å². The summed E-state index contributed by atoms with van der Waals surface area (Å²) in [5, 5.41) is 14.7. The maximum Gasteiger partial charge on any atom is 0.573 e. The summed E-state index contributed by atoms with van der Waals surface area (Å²) in [4.78, 5) is 0. The normalized spacial score (nSPS) is 11.4. The number of ether oxygens (including phenoxy) is 1. The first-order chi connectivity index (χ1) is 8.85. The average molecular weight is 335 g/mol. The van der Waals surface area contributed by atoms with Gasteiger partial charge in [-0.3, -0.25) is 0 Å². The van der Waals surface area contributed by atoms with Crippen LogP contribution in [0.3, 0.4) is 0 Å². The number of rotatable bonds is 2. The van der Waals surface area contributed by atoms with Crippen molar-refractivity contribution in [1.82, 2.24) is 20.4 Å². The molecule has 1 aromatic carbocycles. The number of benzene rings is 1. The van der Waals surface area contributed by atoms with Gasteiger partial charge in [0.2, 0.25) is 5.82 Å². The van der Waals surface area contributed by atoms with E-state index in [0.717, 1.165) is 0 Å². The van der Waals surface area contributed by atoms with E-state index >= 15 is 0 Å². The predicted octanol–water partition coefficient (Wildman–Crippen LogP) is 2.90. The number of aryl methyl sites for hydroxylation is 1. The molecule has 0 saturated heterocycles. The van der Waals surface area contributed by atoms with Gasteiger partial charge in [0, 0.05) is 4.47 Å². The summed E-state index contributed by atoms with van der Waals surface area (Å²) in [6.45, 7) is 1.57. The number of hydrogen-bond acceptors (Lipinski definition) is 5. The Balaban J connectivity index is 2.47. The van der Waals surface area contributed by atoms with Crippen LogP contribution in [0.1, 0.15) is 5.82 Å². The number of aromatic nitrogens is 4. The van der Waals surface area contributed by atoms with E-state index in [1.54, 1.807) is 13.0 Å². The largest absolute Gasteiger partial charge is 0.573 e. The van der Waals surface area contributed by atoms with E-state index in [0.29, 0.717) is 10.3 Å². The highest BCUT2D eigenvalue weighted by molar-refractivity contribution is 9.10. The fourth-order valence-electron chi connectivity index (χ4n) is 1.28. The van der Waals surface area contributed by atoms with E-state index < -0.39 is 12.1 Å². The average Bonchev–Trinajstić information content (AvgIpc) is 2.29. The van der Waals surface area contributed by atoms with E-state index in [9.17, 15) is 13.2 Å². The molecule has 0 radical (unpaired) electrons. The van der Waals surface area contributed by atoms with E-state index in [2.05, 4.69) is 41.1 Å². The van der Waals surface area contributed by atoms with Crippen molar-refractivity contribution in [2.24, 2.45) is 0 Å². The van der Waals surface area contributed by atoms with Crippen LogP contribution in [0.2, 0.25) is 0 Å². The molecule has 0 saturated carbocycles. The highest BCUT2D eigenvalue weighted by atomic mass is 79.9. The Hall–Kier alpha value is -1.77. The second kappa shape index (κ2) is 5.08. The molecular weight excluding hydrogens is 329 g/mol. The fourth-order valence-corrected chi connectivity index (χ4v) is 1.62. The van der Waals surface area contributed by atoms with Crippen molar-refractivity contribution < 1.29 is 17.9 Å². The lowest BCUT2D eigenvalue weighted by atomic mass is 10.2. The van der Waals surface area contributed by atoms with Gasteiger partial charge in [-0.15, -0.1) is 33.6 Å². The van der Waals surface area contributed by atoms with Crippen molar-refractivity contribution in [3.8, 4) is 17.1 Å². The molecule has 0 amide bonds. The molecule has 0 unspecified atom stereocenters. The zero-order valence-corrected chi connectivity index (χ0v) is 11.0. The molecule has 0 aliphatic rings. The van der Waals surface area contributed by atoms with Crippen molar-refractivity contribution >= 4 is 15.9 Å². The maximum atomic E-state index is 12.3. The molecule has 9 heteroatoms. The van der Waals surface area contributed by atoms with Gasteiger partial charge in [0.15, 0.2) is 5.82 Å². The Bertz CT molecular complexity index is 588. The minimum absolute atomic E-state index is 0.0441. The van der Waals surface area contributed by atoms with Gasteiger partial charge < -0.3 is 4.74 Å². The Kier molecular flexibility index (Phi) is 3.65. The van der Waals surface area contributed by atoms with Gasteiger partial charge in [-0.2, -0.15) is 0 Å². The third-order valence-electron chi connectivity index (χ3n) is 1.99. The van der Waals surface area contributed by atoms with Crippen molar-refractivity contribution in [3.63, 3.8) is 0 Å². The summed E-state index contributed by atoms with van der Waals surface area (Å²) in [5.74, 6) is -0.147. The molecule has 100 valence electrons. The monoisotopic (exact) mass is 334 g/mol. The summed E-state index contributed by atoms with van der Waals surface area (Å²) in [7, 11) is 0. The van der Waals surface area contributed by atoms with Crippen LogP contribution in [0.4, 0.5) is 13.2 Å². The molecule has 0 aliphatic carbocycles. The molecule has 0 aliphatic heterocycles. The highest BCUT2D eigenvalue weighted by Crippen LogP contribution is 2.33. The molecule has 2 rings (SSSR count). The summed E-state index contributed by atoms with van der Waals surface area (Å²) in [6, 6.07) is 4.10. The molecule has 2 aromatic rings. The highest BCUT2D eigenvalue weighted by Gasteiger charge is 2.32.